The van der Waals surface area contributed by atoms with Crippen LogP contribution in [0.5, 0.6) is 0 Å². The molecule has 0 radical (unpaired) electrons. The number of aliphatic hydroxyl groups excluding tert-OH is 1. The van der Waals surface area contributed by atoms with Crippen LogP contribution in [0.3, 0.4) is 0 Å². The van der Waals surface area contributed by atoms with Crippen LogP contribution in [-0.2, 0) is 0 Å². The van der Waals surface area contributed by atoms with Crippen molar-refractivity contribution in [1.82, 2.24) is 9.55 Å². The summed E-state index contributed by atoms with van der Waals surface area (Å²) in [6.45, 7) is 2.58. The van der Waals surface area contributed by atoms with E-state index < -0.39 is 0 Å². The molecule has 0 fully saturated rings. The Kier molecular flexibility index (Phi) is 3.22. The lowest BCUT2D eigenvalue weighted by Crippen LogP contribution is -2.05. The van der Waals surface area contributed by atoms with Crippen LogP contribution in [0, 0.1) is 6.92 Å². The first-order valence-electron chi connectivity index (χ1n) is 5.27. The van der Waals surface area contributed by atoms with Crippen LogP contribution in [0.2, 0.25) is 0 Å². The van der Waals surface area contributed by atoms with Crippen molar-refractivity contribution < 1.29 is 5.11 Å². The van der Waals surface area contributed by atoms with E-state index in [1.165, 1.54) is 0 Å². The lowest BCUT2D eigenvalue weighted by Gasteiger charge is -2.02. The standard InChI is InChI=1S/C12H15N3O/c1-10-14-12(13-7-8-16)9-15(10)11-5-3-2-4-6-11/h2-6,9,13,16H,7-8H2,1H3. The molecule has 0 bridgehead atoms. The molecule has 4 heteroatoms. The normalized spacial score (nSPS) is 10.4. The number of anilines is 1. The van der Waals surface area contributed by atoms with E-state index in [1.807, 2.05) is 48.0 Å². The third kappa shape index (κ3) is 2.23. The fourth-order valence-corrected chi connectivity index (χ4v) is 1.59. The Labute approximate surface area is 94.6 Å². The van der Waals surface area contributed by atoms with E-state index in [0.717, 1.165) is 17.3 Å². The molecule has 0 aliphatic carbocycles. The Morgan fingerprint density at radius 2 is 2.06 bits per heavy atom. The molecule has 1 aromatic heterocycles. The SMILES string of the molecule is Cc1nc(NCCO)cn1-c1ccccc1. The van der Waals surface area contributed by atoms with Crippen LogP contribution in [0.1, 0.15) is 5.82 Å². The van der Waals surface area contributed by atoms with Gasteiger partial charge in [0.15, 0.2) is 0 Å². The highest BCUT2D eigenvalue weighted by molar-refractivity contribution is 5.41. The van der Waals surface area contributed by atoms with Crippen LogP contribution in [0.25, 0.3) is 5.69 Å². The molecular weight excluding hydrogens is 202 g/mol. The molecule has 4 nitrogen and oxygen atoms in total. The summed E-state index contributed by atoms with van der Waals surface area (Å²) in [6, 6.07) is 10.0. The Bertz CT molecular complexity index is 451. The van der Waals surface area contributed by atoms with Gasteiger partial charge in [-0.15, -0.1) is 0 Å². The zero-order valence-corrected chi connectivity index (χ0v) is 9.22. The lowest BCUT2D eigenvalue weighted by molar-refractivity contribution is 0.311. The summed E-state index contributed by atoms with van der Waals surface area (Å²) in [7, 11) is 0. The molecule has 0 spiro atoms. The molecule has 0 atom stereocenters. The molecule has 0 saturated carbocycles. The average Bonchev–Trinajstić information content (AvgIpc) is 2.69. The summed E-state index contributed by atoms with van der Waals surface area (Å²) in [4.78, 5) is 4.37. The lowest BCUT2D eigenvalue weighted by atomic mass is 10.3. The predicted octanol–water partition coefficient (Wildman–Crippen LogP) is 1.58. The summed E-state index contributed by atoms with van der Waals surface area (Å²) in [6.07, 6.45) is 1.93. The number of aliphatic hydroxyl groups is 1. The smallest absolute Gasteiger partial charge is 0.145 e. The third-order valence-corrected chi connectivity index (χ3v) is 2.33. The number of benzene rings is 1. The van der Waals surface area contributed by atoms with Gasteiger partial charge in [0.1, 0.15) is 11.6 Å². The van der Waals surface area contributed by atoms with E-state index in [2.05, 4.69) is 10.3 Å². The minimum Gasteiger partial charge on any atom is -0.395 e. The molecule has 0 saturated heterocycles. The van der Waals surface area contributed by atoms with Gasteiger partial charge in [-0.05, 0) is 19.1 Å². The highest BCUT2D eigenvalue weighted by Gasteiger charge is 2.04. The van der Waals surface area contributed by atoms with Gasteiger partial charge in [0.2, 0.25) is 0 Å². The van der Waals surface area contributed by atoms with Crippen molar-refractivity contribution >= 4 is 5.82 Å². The van der Waals surface area contributed by atoms with Gasteiger partial charge in [0.25, 0.3) is 0 Å². The van der Waals surface area contributed by atoms with Crippen LogP contribution < -0.4 is 5.32 Å². The number of rotatable bonds is 4. The second-order valence-electron chi connectivity index (χ2n) is 3.53. The molecule has 1 heterocycles. The van der Waals surface area contributed by atoms with Crippen molar-refractivity contribution in [2.75, 3.05) is 18.5 Å². The van der Waals surface area contributed by atoms with Crippen molar-refractivity contribution in [3.8, 4) is 5.69 Å². The van der Waals surface area contributed by atoms with Gasteiger partial charge >= 0.3 is 0 Å². The fraction of sp³-hybridized carbons (Fsp3) is 0.250. The van der Waals surface area contributed by atoms with Gasteiger partial charge in [-0.25, -0.2) is 4.98 Å². The van der Waals surface area contributed by atoms with E-state index >= 15 is 0 Å². The summed E-state index contributed by atoms with van der Waals surface area (Å²) in [5.41, 5.74) is 1.09. The zero-order valence-electron chi connectivity index (χ0n) is 9.22. The maximum absolute atomic E-state index is 8.72. The molecule has 1 aromatic carbocycles. The maximum atomic E-state index is 8.72. The second kappa shape index (κ2) is 4.81. The molecule has 2 N–H and O–H groups in total. The number of imidazole rings is 1. The monoisotopic (exact) mass is 217 g/mol. The van der Waals surface area contributed by atoms with Gasteiger partial charge in [0.05, 0.1) is 12.8 Å². The topological polar surface area (TPSA) is 50.1 Å². The Morgan fingerprint density at radius 3 is 2.75 bits per heavy atom. The van der Waals surface area contributed by atoms with Crippen molar-refractivity contribution in [2.24, 2.45) is 0 Å². The Balaban J connectivity index is 2.25. The summed E-state index contributed by atoms with van der Waals surface area (Å²) < 4.78 is 2.01. The number of nitrogens with one attached hydrogen (secondary N) is 1. The van der Waals surface area contributed by atoms with E-state index in [-0.39, 0.29) is 6.61 Å². The minimum atomic E-state index is 0.108. The Hall–Kier alpha value is -1.81. The van der Waals surface area contributed by atoms with E-state index in [4.69, 9.17) is 5.11 Å². The highest BCUT2D eigenvalue weighted by atomic mass is 16.3. The third-order valence-electron chi connectivity index (χ3n) is 2.33. The predicted molar refractivity (Wildman–Crippen MR) is 63.9 cm³/mol. The zero-order chi connectivity index (χ0) is 11.4. The molecule has 0 amide bonds. The van der Waals surface area contributed by atoms with Crippen molar-refractivity contribution in [3.05, 3.63) is 42.4 Å². The average molecular weight is 217 g/mol. The van der Waals surface area contributed by atoms with Crippen molar-refractivity contribution in [3.63, 3.8) is 0 Å². The fourth-order valence-electron chi connectivity index (χ4n) is 1.59. The minimum absolute atomic E-state index is 0.108. The van der Waals surface area contributed by atoms with E-state index in [9.17, 15) is 0 Å². The first-order chi connectivity index (χ1) is 7.81. The Morgan fingerprint density at radius 1 is 1.31 bits per heavy atom. The molecule has 0 unspecified atom stereocenters. The van der Waals surface area contributed by atoms with Gasteiger partial charge in [-0.1, -0.05) is 18.2 Å². The van der Waals surface area contributed by atoms with Gasteiger partial charge in [-0.3, -0.25) is 0 Å². The van der Waals surface area contributed by atoms with Crippen LogP contribution in [0.4, 0.5) is 5.82 Å². The first kappa shape index (κ1) is 10.7. The van der Waals surface area contributed by atoms with E-state index in [1.54, 1.807) is 0 Å². The van der Waals surface area contributed by atoms with Crippen LogP contribution >= 0.6 is 0 Å². The van der Waals surface area contributed by atoms with Crippen LogP contribution in [0.15, 0.2) is 36.5 Å². The maximum Gasteiger partial charge on any atom is 0.145 e. The summed E-state index contributed by atoms with van der Waals surface area (Å²) in [5, 5.41) is 11.8. The molecule has 2 rings (SSSR count). The van der Waals surface area contributed by atoms with Crippen molar-refractivity contribution in [1.29, 1.82) is 0 Å². The summed E-state index contributed by atoms with van der Waals surface area (Å²) in [5.74, 6) is 1.71. The molecule has 84 valence electrons. The second-order valence-corrected chi connectivity index (χ2v) is 3.53. The first-order valence-corrected chi connectivity index (χ1v) is 5.27. The molecule has 0 aliphatic heterocycles. The number of nitrogens with zero attached hydrogens (tertiary/aromatic N) is 2. The van der Waals surface area contributed by atoms with Crippen molar-refractivity contribution in [2.45, 2.75) is 6.92 Å². The summed E-state index contributed by atoms with van der Waals surface area (Å²) >= 11 is 0. The molecule has 2 aromatic rings. The largest absolute Gasteiger partial charge is 0.395 e. The van der Waals surface area contributed by atoms with Gasteiger partial charge < -0.3 is 15.0 Å². The molecular formula is C12H15N3O. The van der Waals surface area contributed by atoms with Gasteiger partial charge in [0, 0.05) is 12.2 Å². The number of hydrogen-bond acceptors (Lipinski definition) is 3. The number of para-hydroxylation sites is 1. The molecule has 16 heavy (non-hydrogen) atoms. The highest BCUT2D eigenvalue weighted by Crippen LogP contribution is 2.14. The van der Waals surface area contributed by atoms with Gasteiger partial charge in [-0.2, -0.15) is 0 Å². The molecule has 0 aliphatic rings. The van der Waals surface area contributed by atoms with E-state index in [0.29, 0.717) is 6.54 Å². The quantitative estimate of drug-likeness (QED) is 0.817. The number of aryl methyl sites for hydroxylation is 1. The number of hydrogen-bond donors (Lipinski definition) is 2. The number of aromatic nitrogens is 2. The van der Waals surface area contributed by atoms with Crippen LogP contribution in [-0.4, -0.2) is 27.8 Å².